The van der Waals surface area contributed by atoms with Crippen LogP contribution in [0.15, 0.2) is 0 Å². The van der Waals surface area contributed by atoms with E-state index in [0.29, 0.717) is 0 Å². The third kappa shape index (κ3) is 14.6. The van der Waals surface area contributed by atoms with Gasteiger partial charge in [0.2, 0.25) is 0 Å². The number of unbranched alkanes of at least 4 members (excludes halogenated alkanes) is 4. The predicted octanol–water partition coefficient (Wildman–Crippen LogP) is 5.17. The molecule has 0 amide bonds. The number of hydrogen-bond donors (Lipinski definition) is 0. The second-order valence-corrected chi connectivity index (χ2v) is 6.76. The molecule has 0 heterocycles. The lowest BCUT2D eigenvalue weighted by molar-refractivity contribution is -0.929. The van der Waals surface area contributed by atoms with Crippen molar-refractivity contribution in [3.63, 3.8) is 0 Å². The highest BCUT2D eigenvalue weighted by Crippen LogP contribution is 2.16. The zero-order valence-corrected chi connectivity index (χ0v) is 16.7. The fraction of sp³-hybridized carbons (Fsp3) is 0.900. The zero-order valence-electron chi connectivity index (χ0n) is 16.7. The van der Waals surface area contributed by atoms with E-state index in [1.54, 1.807) is 0 Å². The second kappa shape index (κ2) is 16.2. The van der Waals surface area contributed by atoms with Gasteiger partial charge in [0.05, 0.1) is 26.2 Å². The van der Waals surface area contributed by atoms with Crippen molar-refractivity contribution in [3.8, 4) is 0 Å². The molecule has 138 valence electrons. The van der Waals surface area contributed by atoms with Gasteiger partial charge in [-0.2, -0.15) is 0 Å². The number of carbonyl (C=O) groups excluding carboxylic acids is 2. The van der Waals surface area contributed by atoms with Crippen molar-refractivity contribution >= 4 is 11.6 Å². The third-order valence-corrected chi connectivity index (χ3v) is 4.44. The Morgan fingerprint density at radius 3 is 0.913 bits per heavy atom. The first-order chi connectivity index (χ1) is 10.9. The van der Waals surface area contributed by atoms with Crippen LogP contribution in [-0.4, -0.2) is 42.2 Å². The van der Waals surface area contributed by atoms with E-state index in [2.05, 4.69) is 27.7 Å². The highest BCUT2D eigenvalue weighted by atomic mass is 16.2. The van der Waals surface area contributed by atoms with Crippen LogP contribution < -0.4 is 0 Å². The van der Waals surface area contributed by atoms with Crippen LogP contribution in [0.3, 0.4) is 0 Å². The third-order valence-electron chi connectivity index (χ3n) is 4.44. The van der Waals surface area contributed by atoms with Crippen LogP contribution in [0.5, 0.6) is 0 Å². The lowest BCUT2D eigenvalue weighted by Crippen LogP contribution is -2.50. The Morgan fingerprint density at radius 1 is 0.565 bits per heavy atom. The minimum atomic E-state index is -0.380. The minimum absolute atomic E-state index is 0.380. The zero-order chi connectivity index (χ0) is 18.1. The SMILES string of the molecule is CC(=O)C(C)=O.CCCC[N+](CCCC)(CCCC)CCCC. The number of nitrogens with zero attached hydrogens (tertiary/aromatic N) is 1. The van der Waals surface area contributed by atoms with E-state index >= 15 is 0 Å². The van der Waals surface area contributed by atoms with Gasteiger partial charge >= 0.3 is 0 Å². The fourth-order valence-electron chi connectivity index (χ4n) is 2.64. The second-order valence-electron chi connectivity index (χ2n) is 6.76. The Labute approximate surface area is 145 Å². The fourth-order valence-corrected chi connectivity index (χ4v) is 2.64. The summed E-state index contributed by atoms with van der Waals surface area (Å²) >= 11 is 0. The van der Waals surface area contributed by atoms with E-state index in [1.807, 2.05) is 0 Å². The largest absolute Gasteiger partial charge is 0.324 e. The Kier molecular flexibility index (Phi) is 17.3. The molecule has 0 bridgehead atoms. The molecule has 0 radical (unpaired) electrons. The highest BCUT2D eigenvalue weighted by molar-refractivity contribution is 6.35. The molecule has 0 aliphatic heterocycles. The molecule has 0 aromatic rings. The van der Waals surface area contributed by atoms with Gasteiger partial charge in [0.15, 0.2) is 11.6 Å². The van der Waals surface area contributed by atoms with Gasteiger partial charge in [0.1, 0.15) is 0 Å². The number of quaternary nitrogens is 1. The quantitative estimate of drug-likeness (QED) is 0.345. The van der Waals surface area contributed by atoms with Crippen LogP contribution in [0.4, 0.5) is 0 Å². The van der Waals surface area contributed by atoms with Gasteiger partial charge in [-0.25, -0.2) is 0 Å². The van der Waals surface area contributed by atoms with Gasteiger partial charge in [-0.3, -0.25) is 9.59 Å². The van der Waals surface area contributed by atoms with E-state index < -0.39 is 0 Å². The van der Waals surface area contributed by atoms with Crippen molar-refractivity contribution in [2.75, 3.05) is 26.2 Å². The van der Waals surface area contributed by atoms with Crippen molar-refractivity contribution in [1.82, 2.24) is 0 Å². The summed E-state index contributed by atoms with van der Waals surface area (Å²) in [6.07, 6.45) is 11.1. The van der Waals surface area contributed by atoms with E-state index in [-0.39, 0.29) is 11.6 Å². The van der Waals surface area contributed by atoms with Gasteiger partial charge in [0.25, 0.3) is 0 Å². The monoisotopic (exact) mass is 328 g/mol. The first-order valence-corrected chi connectivity index (χ1v) is 9.75. The minimum Gasteiger partial charge on any atom is -0.324 e. The van der Waals surface area contributed by atoms with Crippen LogP contribution in [-0.2, 0) is 9.59 Å². The summed E-state index contributed by atoms with van der Waals surface area (Å²) in [5, 5.41) is 0. The summed E-state index contributed by atoms with van der Waals surface area (Å²) in [5.74, 6) is -0.759. The van der Waals surface area contributed by atoms with Gasteiger partial charge in [-0.05, 0) is 25.7 Å². The summed E-state index contributed by atoms with van der Waals surface area (Å²) in [5.41, 5.74) is 0. The Morgan fingerprint density at radius 2 is 0.783 bits per heavy atom. The standard InChI is InChI=1S/C16H36N.C4H6O2/c1-5-9-13-17(14-10-6-2,15-11-7-3)16-12-8-4;1-3(5)4(2)6/h5-16H2,1-4H3;1-2H3/q+1;. The molecule has 0 N–H and O–H groups in total. The molecule has 0 aliphatic carbocycles. The summed E-state index contributed by atoms with van der Waals surface area (Å²) in [6, 6.07) is 0. The molecule has 0 aromatic carbocycles. The van der Waals surface area contributed by atoms with Gasteiger partial charge in [-0.15, -0.1) is 0 Å². The maximum absolute atomic E-state index is 9.79. The molecular weight excluding hydrogens is 286 g/mol. The molecule has 0 saturated carbocycles. The predicted molar refractivity (Wildman–Crippen MR) is 101 cm³/mol. The van der Waals surface area contributed by atoms with E-state index in [0.717, 1.165) is 0 Å². The maximum atomic E-state index is 9.79. The molecule has 0 aliphatic rings. The highest BCUT2D eigenvalue weighted by Gasteiger charge is 2.24. The van der Waals surface area contributed by atoms with Crippen molar-refractivity contribution < 1.29 is 14.1 Å². The van der Waals surface area contributed by atoms with Crippen LogP contribution >= 0.6 is 0 Å². The Hall–Kier alpha value is -0.700. The van der Waals surface area contributed by atoms with Crippen molar-refractivity contribution in [3.05, 3.63) is 0 Å². The van der Waals surface area contributed by atoms with E-state index in [1.165, 1.54) is 95.9 Å². The first-order valence-electron chi connectivity index (χ1n) is 9.75. The molecular formula is C20H42NO2+. The molecule has 0 saturated heterocycles. The van der Waals surface area contributed by atoms with Gasteiger partial charge < -0.3 is 4.48 Å². The number of ketones is 2. The van der Waals surface area contributed by atoms with Crippen molar-refractivity contribution in [1.29, 1.82) is 0 Å². The summed E-state index contributed by atoms with van der Waals surface area (Å²) in [6.45, 7) is 17.5. The molecule has 23 heavy (non-hydrogen) atoms. The average molecular weight is 329 g/mol. The number of Topliss-reactive ketones (excluding diaryl/α,β-unsaturated/α-hetero) is 2. The average Bonchev–Trinajstić information content (AvgIpc) is 2.54. The molecule has 0 atom stereocenters. The van der Waals surface area contributed by atoms with Crippen LogP contribution in [0, 0.1) is 0 Å². The summed E-state index contributed by atoms with van der Waals surface area (Å²) < 4.78 is 1.42. The first kappa shape index (κ1) is 24.6. The van der Waals surface area contributed by atoms with E-state index in [4.69, 9.17) is 0 Å². The molecule has 0 unspecified atom stereocenters. The van der Waals surface area contributed by atoms with Gasteiger partial charge in [-0.1, -0.05) is 53.4 Å². The normalized spacial score (nSPS) is 10.9. The van der Waals surface area contributed by atoms with Crippen LogP contribution in [0.2, 0.25) is 0 Å². The molecule has 3 heteroatoms. The number of hydrogen-bond acceptors (Lipinski definition) is 2. The molecule has 3 nitrogen and oxygen atoms in total. The lowest BCUT2D eigenvalue weighted by atomic mass is 10.1. The van der Waals surface area contributed by atoms with Crippen LogP contribution in [0.1, 0.15) is 92.9 Å². The lowest BCUT2D eigenvalue weighted by Gasteiger charge is -2.39. The van der Waals surface area contributed by atoms with Crippen molar-refractivity contribution in [2.24, 2.45) is 0 Å². The Bertz CT molecular complexity index is 251. The number of rotatable bonds is 13. The molecule has 0 spiro atoms. The smallest absolute Gasteiger partial charge is 0.195 e. The van der Waals surface area contributed by atoms with E-state index in [9.17, 15) is 9.59 Å². The van der Waals surface area contributed by atoms with Crippen molar-refractivity contribution in [2.45, 2.75) is 92.9 Å². The Balaban J connectivity index is 0. The maximum Gasteiger partial charge on any atom is 0.195 e. The van der Waals surface area contributed by atoms with Crippen LogP contribution in [0.25, 0.3) is 0 Å². The molecule has 0 rings (SSSR count). The summed E-state index contributed by atoms with van der Waals surface area (Å²) in [7, 11) is 0. The molecule has 0 aromatic heterocycles. The summed E-state index contributed by atoms with van der Waals surface area (Å²) in [4.78, 5) is 19.6. The topological polar surface area (TPSA) is 34.1 Å². The van der Waals surface area contributed by atoms with Gasteiger partial charge in [0, 0.05) is 13.8 Å². The molecule has 0 fully saturated rings. The number of carbonyl (C=O) groups is 2.